The molecule has 0 aromatic heterocycles. The summed E-state index contributed by atoms with van der Waals surface area (Å²) in [5.41, 5.74) is 1.20. The number of nitrogens with one attached hydrogen (secondary N) is 2. The zero-order valence-electron chi connectivity index (χ0n) is 12.4. The van der Waals surface area contributed by atoms with Gasteiger partial charge in [-0.15, -0.1) is 0 Å². The molecule has 0 heterocycles. The molecule has 5 nitrogen and oxygen atoms in total. The molecule has 2 N–H and O–H groups in total. The summed E-state index contributed by atoms with van der Waals surface area (Å²) < 4.78 is 0. The Morgan fingerprint density at radius 2 is 2.14 bits per heavy atom. The quantitative estimate of drug-likeness (QED) is 0.478. The van der Waals surface area contributed by atoms with Crippen LogP contribution in [0.5, 0.6) is 0 Å². The summed E-state index contributed by atoms with van der Waals surface area (Å²) in [6.45, 7) is 5.30. The van der Waals surface area contributed by atoms with Crippen LogP contribution in [0, 0.1) is 11.3 Å². The molecule has 110 valence electrons. The van der Waals surface area contributed by atoms with Gasteiger partial charge in [0, 0.05) is 23.5 Å². The molecular formula is C16H19N3O2. The van der Waals surface area contributed by atoms with Crippen molar-refractivity contribution in [1.29, 1.82) is 5.26 Å². The van der Waals surface area contributed by atoms with E-state index in [9.17, 15) is 9.59 Å². The first-order valence-electron chi connectivity index (χ1n) is 6.76. The lowest BCUT2D eigenvalue weighted by molar-refractivity contribution is -0.117. The van der Waals surface area contributed by atoms with Crippen LogP contribution in [-0.2, 0) is 4.79 Å². The zero-order valence-corrected chi connectivity index (χ0v) is 12.4. The Hall–Kier alpha value is -2.61. The van der Waals surface area contributed by atoms with Crippen LogP contribution in [0.1, 0.15) is 37.6 Å². The molecule has 0 radical (unpaired) electrons. The first kappa shape index (κ1) is 16.4. The van der Waals surface area contributed by atoms with Crippen LogP contribution in [0.2, 0.25) is 0 Å². The summed E-state index contributed by atoms with van der Waals surface area (Å²) in [6, 6.07) is 8.73. The standard InChI is InChI=1S/C16H19N3O2/c1-4-11(2)19-16(21)14(9-17)10-18-15-7-5-6-13(8-15)12(3)20/h5-8,10-11,18H,4H2,1-3H3,(H,19,21)/b14-10-. The third-order valence-corrected chi connectivity index (χ3v) is 3.01. The maximum absolute atomic E-state index is 11.8. The Labute approximate surface area is 124 Å². The highest BCUT2D eigenvalue weighted by Gasteiger charge is 2.11. The minimum atomic E-state index is -0.415. The Balaban J connectivity index is 2.81. The van der Waals surface area contributed by atoms with E-state index in [2.05, 4.69) is 10.6 Å². The van der Waals surface area contributed by atoms with Gasteiger partial charge in [0.2, 0.25) is 0 Å². The van der Waals surface area contributed by atoms with Crippen molar-refractivity contribution in [3.63, 3.8) is 0 Å². The number of anilines is 1. The SMILES string of the molecule is CCC(C)NC(=O)/C(C#N)=C\Nc1cccc(C(C)=O)c1. The fourth-order valence-corrected chi connectivity index (χ4v) is 1.54. The van der Waals surface area contributed by atoms with Crippen LogP contribution < -0.4 is 10.6 Å². The third-order valence-electron chi connectivity index (χ3n) is 3.01. The minimum Gasteiger partial charge on any atom is -0.360 e. The molecule has 0 aliphatic carbocycles. The maximum Gasteiger partial charge on any atom is 0.263 e. The number of ketones is 1. The van der Waals surface area contributed by atoms with Crippen molar-refractivity contribution in [2.45, 2.75) is 33.2 Å². The summed E-state index contributed by atoms with van der Waals surface area (Å²) in [7, 11) is 0. The third kappa shape index (κ3) is 5.11. The van der Waals surface area contributed by atoms with E-state index in [-0.39, 0.29) is 17.4 Å². The molecule has 0 saturated heterocycles. The number of carbonyl (C=O) groups is 2. The van der Waals surface area contributed by atoms with Crippen LogP contribution in [0.15, 0.2) is 36.0 Å². The van der Waals surface area contributed by atoms with Crippen molar-refractivity contribution >= 4 is 17.4 Å². The summed E-state index contributed by atoms with van der Waals surface area (Å²) in [4.78, 5) is 23.1. The van der Waals surface area contributed by atoms with Crippen molar-refractivity contribution in [1.82, 2.24) is 5.32 Å². The molecule has 0 aliphatic heterocycles. The van der Waals surface area contributed by atoms with Gasteiger partial charge in [-0.3, -0.25) is 9.59 Å². The van der Waals surface area contributed by atoms with E-state index in [4.69, 9.17) is 5.26 Å². The van der Waals surface area contributed by atoms with Gasteiger partial charge in [-0.05, 0) is 32.4 Å². The molecule has 0 saturated carbocycles. The van der Waals surface area contributed by atoms with Crippen molar-refractivity contribution in [3.8, 4) is 6.07 Å². The van der Waals surface area contributed by atoms with E-state index in [0.29, 0.717) is 11.3 Å². The van der Waals surface area contributed by atoms with Gasteiger partial charge in [-0.25, -0.2) is 0 Å². The van der Waals surface area contributed by atoms with Gasteiger partial charge in [0.15, 0.2) is 5.78 Å². The number of amides is 1. The molecule has 1 aromatic rings. The molecule has 0 bridgehead atoms. The number of carbonyl (C=O) groups excluding carboxylic acids is 2. The topological polar surface area (TPSA) is 82.0 Å². The molecule has 1 amide bonds. The highest BCUT2D eigenvalue weighted by molar-refractivity contribution is 5.98. The second-order valence-corrected chi connectivity index (χ2v) is 4.73. The first-order chi connectivity index (χ1) is 9.97. The van der Waals surface area contributed by atoms with E-state index < -0.39 is 5.91 Å². The van der Waals surface area contributed by atoms with E-state index in [1.165, 1.54) is 13.1 Å². The summed E-state index contributed by atoms with van der Waals surface area (Å²) >= 11 is 0. The fraction of sp³-hybridized carbons (Fsp3) is 0.312. The Morgan fingerprint density at radius 1 is 1.43 bits per heavy atom. The van der Waals surface area contributed by atoms with Crippen molar-refractivity contribution in [2.24, 2.45) is 0 Å². The Kier molecular flexibility index (Phi) is 6.15. The van der Waals surface area contributed by atoms with E-state index in [1.807, 2.05) is 19.9 Å². The lowest BCUT2D eigenvalue weighted by Gasteiger charge is -2.10. The number of nitriles is 1. The largest absolute Gasteiger partial charge is 0.360 e. The molecule has 1 aromatic carbocycles. The molecule has 0 fully saturated rings. The van der Waals surface area contributed by atoms with Gasteiger partial charge in [-0.1, -0.05) is 19.1 Å². The van der Waals surface area contributed by atoms with Gasteiger partial charge in [0.05, 0.1) is 0 Å². The molecule has 5 heteroatoms. The fourth-order valence-electron chi connectivity index (χ4n) is 1.54. The maximum atomic E-state index is 11.8. The van der Waals surface area contributed by atoms with Crippen LogP contribution >= 0.6 is 0 Å². The number of Topliss-reactive ketones (excluding diaryl/α,β-unsaturated/α-hetero) is 1. The number of hydrogen-bond acceptors (Lipinski definition) is 4. The van der Waals surface area contributed by atoms with E-state index >= 15 is 0 Å². The smallest absolute Gasteiger partial charge is 0.263 e. The molecule has 1 atom stereocenters. The molecule has 1 unspecified atom stereocenters. The zero-order chi connectivity index (χ0) is 15.8. The molecular weight excluding hydrogens is 266 g/mol. The van der Waals surface area contributed by atoms with Gasteiger partial charge in [-0.2, -0.15) is 5.26 Å². The highest BCUT2D eigenvalue weighted by Crippen LogP contribution is 2.11. The summed E-state index contributed by atoms with van der Waals surface area (Å²) in [6.07, 6.45) is 2.13. The van der Waals surface area contributed by atoms with Crippen LogP contribution in [0.4, 0.5) is 5.69 Å². The van der Waals surface area contributed by atoms with Crippen LogP contribution in [0.3, 0.4) is 0 Å². The van der Waals surface area contributed by atoms with Crippen molar-refractivity contribution < 1.29 is 9.59 Å². The first-order valence-corrected chi connectivity index (χ1v) is 6.76. The lowest BCUT2D eigenvalue weighted by Crippen LogP contribution is -2.33. The Bertz CT molecular complexity index is 600. The number of nitrogens with zero attached hydrogens (tertiary/aromatic N) is 1. The number of rotatable bonds is 6. The van der Waals surface area contributed by atoms with Crippen molar-refractivity contribution in [2.75, 3.05) is 5.32 Å². The molecule has 21 heavy (non-hydrogen) atoms. The van der Waals surface area contributed by atoms with Crippen LogP contribution in [-0.4, -0.2) is 17.7 Å². The van der Waals surface area contributed by atoms with Gasteiger partial charge < -0.3 is 10.6 Å². The second-order valence-electron chi connectivity index (χ2n) is 4.73. The molecule has 1 rings (SSSR count). The van der Waals surface area contributed by atoms with Crippen LogP contribution in [0.25, 0.3) is 0 Å². The normalized spacial score (nSPS) is 12.2. The molecule has 0 spiro atoms. The number of benzene rings is 1. The van der Waals surface area contributed by atoms with Gasteiger partial charge >= 0.3 is 0 Å². The monoisotopic (exact) mass is 285 g/mol. The van der Waals surface area contributed by atoms with Gasteiger partial charge in [0.25, 0.3) is 5.91 Å². The van der Waals surface area contributed by atoms with Gasteiger partial charge in [0.1, 0.15) is 11.6 Å². The lowest BCUT2D eigenvalue weighted by atomic mass is 10.1. The summed E-state index contributed by atoms with van der Waals surface area (Å²) in [5, 5.41) is 14.6. The predicted molar refractivity (Wildman–Crippen MR) is 81.7 cm³/mol. The average Bonchev–Trinajstić information content (AvgIpc) is 2.47. The average molecular weight is 285 g/mol. The summed E-state index contributed by atoms with van der Waals surface area (Å²) in [5.74, 6) is -0.459. The number of hydrogen-bond donors (Lipinski definition) is 2. The van der Waals surface area contributed by atoms with E-state index in [1.54, 1.807) is 24.3 Å². The highest BCUT2D eigenvalue weighted by atomic mass is 16.1. The second kappa shape index (κ2) is 7.85. The molecule has 0 aliphatic rings. The minimum absolute atomic E-state index is 0.00953. The Morgan fingerprint density at radius 3 is 2.71 bits per heavy atom. The van der Waals surface area contributed by atoms with Crippen molar-refractivity contribution in [3.05, 3.63) is 41.6 Å². The predicted octanol–water partition coefficient (Wildman–Crippen LogP) is 2.62. The van der Waals surface area contributed by atoms with E-state index in [0.717, 1.165) is 6.42 Å².